The summed E-state index contributed by atoms with van der Waals surface area (Å²) in [6, 6.07) is 1.42. The fraction of sp³-hybridized carbons (Fsp3) is 0.538. The first kappa shape index (κ1) is 15.5. The molecular weight excluding hydrogens is 276 g/mol. The van der Waals surface area contributed by atoms with Gasteiger partial charge in [-0.05, 0) is 13.0 Å². The summed E-state index contributed by atoms with van der Waals surface area (Å²) in [5, 5.41) is 2.62. The molecule has 1 unspecified atom stereocenters. The summed E-state index contributed by atoms with van der Waals surface area (Å²) in [5.74, 6) is 5.34. The fourth-order valence-electron chi connectivity index (χ4n) is 2.35. The van der Waals surface area contributed by atoms with Crippen molar-refractivity contribution in [2.75, 3.05) is 26.8 Å². The zero-order chi connectivity index (χ0) is 15.4. The van der Waals surface area contributed by atoms with Gasteiger partial charge in [-0.25, -0.2) is 5.84 Å². The number of ether oxygens (including phenoxy) is 1. The van der Waals surface area contributed by atoms with Crippen LogP contribution in [0.25, 0.3) is 0 Å². The van der Waals surface area contributed by atoms with Gasteiger partial charge in [0.05, 0.1) is 19.8 Å². The number of morpholine rings is 1. The van der Waals surface area contributed by atoms with Crippen LogP contribution in [0.3, 0.4) is 0 Å². The SMILES string of the molecule is CNC(=O)C1COCCN1Cc1cc(C)c(C(=O)NN)o1. The molecule has 2 rings (SSSR count). The number of nitrogens with two attached hydrogens (primary N) is 1. The van der Waals surface area contributed by atoms with E-state index >= 15 is 0 Å². The molecule has 0 aromatic carbocycles. The Morgan fingerprint density at radius 2 is 2.29 bits per heavy atom. The number of hydrogen-bond acceptors (Lipinski definition) is 6. The van der Waals surface area contributed by atoms with Crippen LogP contribution in [0.5, 0.6) is 0 Å². The quantitative estimate of drug-likeness (QED) is 0.379. The molecule has 0 saturated carbocycles. The highest BCUT2D eigenvalue weighted by molar-refractivity contribution is 5.92. The van der Waals surface area contributed by atoms with Crippen molar-refractivity contribution in [2.45, 2.75) is 19.5 Å². The smallest absolute Gasteiger partial charge is 0.301 e. The van der Waals surface area contributed by atoms with Crippen LogP contribution < -0.4 is 16.6 Å². The van der Waals surface area contributed by atoms with E-state index in [0.717, 1.165) is 0 Å². The zero-order valence-corrected chi connectivity index (χ0v) is 12.1. The first-order chi connectivity index (χ1) is 10.1. The van der Waals surface area contributed by atoms with Crippen LogP contribution in [0.2, 0.25) is 0 Å². The average Bonchev–Trinajstić information content (AvgIpc) is 2.86. The van der Waals surface area contributed by atoms with Gasteiger partial charge in [0.15, 0.2) is 5.76 Å². The zero-order valence-electron chi connectivity index (χ0n) is 12.1. The van der Waals surface area contributed by atoms with E-state index in [2.05, 4.69) is 5.32 Å². The maximum atomic E-state index is 11.9. The fourth-order valence-corrected chi connectivity index (χ4v) is 2.35. The van der Waals surface area contributed by atoms with Crippen molar-refractivity contribution in [3.63, 3.8) is 0 Å². The standard InChI is InChI=1S/C13H20N4O4/c1-8-5-9(21-11(8)13(19)16-14)6-17-3-4-20-7-10(17)12(18)15-2/h5,10H,3-4,6-7,14H2,1-2H3,(H,15,18)(H,16,19). The summed E-state index contributed by atoms with van der Waals surface area (Å²) < 4.78 is 10.9. The maximum Gasteiger partial charge on any atom is 0.301 e. The first-order valence-electron chi connectivity index (χ1n) is 6.70. The van der Waals surface area contributed by atoms with Gasteiger partial charge in [0.2, 0.25) is 5.91 Å². The lowest BCUT2D eigenvalue weighted by Gasteiger charge is -2.33. The Hall–Kier alpha value is -1.90. The largest absolute Gasteiger partial charge is 0.454 e. The Kier molecular flexibility index (Phi) is 4.94. The number of carbonyl (C=O) groups excluding carboxylic acids is 2. The molecular formula is C13H20N4O4. The van der Waals surface area contributed by atoms with Gasteiger partial charge in [0.1, 0.15) is 11.8 Å². The van der Waals surface area contributed by atoms with Gasteiger partial charge in [0, 0.05) is 19.2 Å². The number of amides is 2. The minimum atomic E-state index is -0.469. The van der Waals surface area contributed by atoms with Gasteiger partial charge in [-0.3, -0.25) is 19.9 Å². The van der Waals surface area contributed by atoms with Gasteiger partial charge in [-0.1, -0.05) is 0 Å². The van der Waals surface area contributed by atoms with Gasteiger partial charge in [-0.15, -0.1) is 0 Å². The second kappa shape index (κ2) is 6.70. The van der Waals surface area contributed by atoms with Crippen molar-refractivity contribution in [2.24, 2.45) is 5.84 Å². The molecule has 116 valence electrons. The van der Waals surface area contributed by atoms with E-state index in [-0.39, 0.29) is 17.7 Å². The molecule has 4 N–H and O–H groups in total. The monoisotopic (exact) mass is 296 g/mol. The molecule has 1 aromatic rings. The number of likely N-dealkylation sites (N-methyl/N-ethyl adjacent to an activating group) is 1. The number of nitrogens with one attached hydrogen (secondary N) is 2. The number of aryl methyl sites for hydroxylation is 1. The minimum absolute atomic E-state index is 0.0992. The Bertz CT molecular complexity index is 528. The Labute approximate surface area is 122 Å². The molecule has 1 aliphatic heterocycles. The lowest BCUT2D eigenvalue weighted by molar-refractivity contribution is -0.132. The summed E-state index contributed by atoms with van der Waals surface area (Å²) >= 11 is 0. The molecule has 0 aliphatic carbocycles. The summed E-state index contributed by atoms with van der Waals surface area (Å²) in [6.45, 7) is 3.72. The molecule has 8 heteroatoms. The van der Waals surface area contributed by atoms with Crippen LogP contribution in [-0.4, -0.2) is 49.6 Å². The summed E-state index contributed by atoms with van der Waals surface area (Å²) in [7, 11) is 1.59. The van der Waals surface area contributed by atoms with Crippen LogP contribution in [0, 0.1) is 6.92 Å². The second-order valence-corrected chi connectivity index (χ2v) is 4.87. The predicted molar refractivity (Wildman–Crippen MR) is 74.2 cm³/mol. The topological polar surface area (TPSA) is 110 Å². The molecule has 0 spiro atoms. The van der Waals surface area contributed by atoms with Crippen molar-refractivity contribution in [1.29, 1.82) is 0 Å². The molecule has 1 atom stereocenters. The number of hydrazine groups is 1. The molecule has 1 aliphatic rings. The third kappa shape index (κ3) is 3.41. The molecule has 1 fully saturated rings. The number of furan rings is 1. The Balaban J connectivity index is 2.12. The predicted octanol–water partition coefficient (Wildman–Crippen LogP) is -0.862. The van der Waals surface area contributed by atoms with Crippen LogP contribution in [-0.2, 0) is 16.1 Å². The minimum Gasteiger partial charge on any atom is -0.454 e. The lowest BCUT2D eigenvalue weighted by Crippen LogP contribution is -2.52. The van der Waals surface area contributed by atoms with E-state index in [1.54, 1.807) is 20.0 Å². The van der Waals surface area contributed by atoms with E-state index in [9.17, 15) is 9.59 Å². The van der Waals surface area contributed by atoms with Crippen molar-refractivity contribution < 1.29 is 18.7 Å². The second-order valence-electron chi connectivity index (χ2n) is 4.87. The van der Waals surface area contributed by atoms with E-state index in [1.165, 1.54) is 0 Å². The number of nitrogens with zero attached hydrogens (tertiary/aromatic N) is 1. The van der Waals surface area contributed by atoms with Gasteiger partial charge < -0.3 is 14.5 Å². The van der Waals surface area contributed by atoms with Gasteiger partial charge >= 0.3 is 5.91 Å². The first-order valence-corrected chi connectivity index (χ1v) is 6.70. The van der Waals surface area contributed by atoms with E-state index < -0.39 is 5.91 Å². The molecule has 8 nitrogen and oxygen atoms in total. The summed E-state index contributed by atoms with van der Waals surface area (Å²) in [6.07, 6.45) is 0. The van der Waals surface area contributed by atoms with Crippen LogP contribution >= 0.6 is 0 Å². The third-order valence-electron chi connectivity index (χ3n) is 3.45. The highest BCUT2D eigenvalue weighted by atomic mass is 16.5. The van der Waals surface area contributed by atoms with Gasteiger partial charge in [0.25, 0.3) is 0 Å². The maximum absolute atomic E-state index is 11.9. The third-order valence-corrected chi connectivity index (χ3v) is 3.45. The van der Waals surface area contributed by atoms with E-state index in [0.29, 0.717) is 37.6 Å². The van der Waals surface area contributed by atoms with Crippen LogP contribution in [0.15, 0.2) is 10.5 Å². The van der Waals surface area contributed by atoms with Crippen molar-refractivity contribution in [1.82, 2.24) is 15.6 Å². The van der Waals surface area contributed by atoms with Crippen molar-refractivity contribution >= 4 is 11.8 Å². The summed E-state index contributed by atoms with van der Waals surface area (Å²) in [5.41, 5.74) is 2.75. The van der Waals surface area contributed by atoms with Crippen molar-refractivity contribution in [3.05, 3.63) is 23.2 Å². The van der Waals surface area contributed by atoms with Gasteiger partial charge in [-0.2, -0.15) is 0 Å². The molecule has 2 amide bonds. The summed E-state index contributed by atoms with van der Waals surface area (Å²) in [4.78, 5) is 25.3. The molecule has 1 aromatic heterocycles. The average molecular weight is 296 g/mol. The van der Waals surface area contributed by atoms with E-state index in [1.807, 2.05) is 10.3 Å². The number of rotatable bonds is 4. The number of nitrogen functional groups attached to an aromatic ring is 1. The normalized spacial score (nSPS) is 19.3. The molecule has 0 bridgehead atoms. The molecule has 21 heavy (non-hydrogen) atoms. The Morgan fingerprint density at radius 3 is 2.95 bits per heavy atom. The number of hydrogen-bond donors (Lipinski definition) is 3. The highest BCUT2D eigenvalue weighted by Crippen LogP contribution is 2.18. The molecule has 1 saturated heterocycles. The molecule has 0 radical (unpaired) electrons. The highest BCUT2D eigenvalue weighted by Gasteiger charge is 2.29. The van der Waals surface area contributed by atoms with Crippen LogP contribution in [0.1, 0.15) is 21.9 Å². The lowest BCUT2D eigenvalue weighted by atomic mass is 10.2. The van der Waals surface area contributed by atoms with Crippen LogP contribution in [0.4, 0.5) is 0 Å². The number of carbonyl (C=O) groups is 2. The van der Waals surface area contributed by atoms with E-state index in [4.69, 9.17) is 15.0 Å². The Morgan fingerprint density at radius 1 is 1.52 bits per heavy atom. The van der Waals surface area contributed by atoms with Crippen molar-refractivity contribution in [3.8, 4) is 0 Å². The molecule has 2 heterocycles.